The molecule has 1 N–H and O–H groups in total. The van der Waals surface area contributed by atoms with Crippen LogP contribution in [-0.2, 0) is 11.4 Å². The number of nitrogens with zero attached hydrogens (tertiary/aromatic N) is 1. The first-order valence-electron chi connectivity index (χ1n) is 9.41. The zero-order valence-electron chi connectivity index (χ0n) is 16.5. The number of ether oxygens (including phenoxy) is 1. The fourth-order valence-corrected chi connectivity index (χ4v) is 4.75. The lowest BCUT2D eigenvalue weighted by Crippen LogP contribution is -2.44. The monoisotopic (exact) mass is 466 g/mol. The molecule has 0 aliphatic carbocycles. The van der Waals surface area contributed by atoms with Gasteiger partial charge in [0.25, 0.3) is 11.8 Å². The Labute approximate surface area is 193 Å². The highest BCUT2D eigenvalue weighted by molar-refractivity contribution is 8.26. The van der Waals surface area contributed by atoms with Crippen molar-refractivity contribution >= 4 is 57.5 Å². The van der Waals surface area contributed by atoms with E-state index >= 15 is 0 Å². The van der Waals surface area contributed by atoms with Crippen molar-refractivity contribution in [2.24, 2.45) is 0 Å². The molecule has 3 aromatic rings. The summed E-state index contributed by atoms with van der Waals surface area (Å²) >= 11 is 7.74. The smallest absolute Gasteiger partial charge is 0.285 e. The Morgan fingerprint density at radius 1 is 1.16 bits per heavy atom. The standard InChI is InChI=1S/C23H18N2O3S3/c1-15-6-4-7-16(12-15)14-28-18-9-3-2-8-17(18)13-20-22(27)25(23(29)31-20)24-21(26)19-10-5-11-30-19/h2-13H,14H2,1H3,(H,24,26)/b20-13+. The fourth-order valence-electron chi connectivity index (χ4n) is 2.96. The summed E-state index contributed by atoms with van der Waals surface area (Å²) in [5.41, 5.74) is 5.58. The topological polar surface area (TPSA) is 58.6 Å². The number of thiophene rings is 1. The minimum absolute atomic E-state index is 0.277. The number of hydrogen-bond acceptors (Lipinski definition) is 6. The van der Waals surface area contributed by atoms with Gasteiger partial charge in [0.2, 0.25) is 0 Å². The summed E-state index contributed by atoms with van der Waals surface area (Å²) in [4.78, 5) is 26.1. The van der Waals surface area contributed by atoms with Gasteiger partial charge in [-0.25, -0.2) is 0 Å². The summed E-state index contributed by atoms with van der Waals surface area (Å²) in [7, 11) is 0. The summed E-state index contributed by atoms with van der Waals surface area (Å²) in [6.45, 7) is 2.46. The van der Waals surface area contributed by atoms with Gasteiger partial charge in [0.1, 0.15) is 12.4 Å². The van der Waals surface area contributed by atoms with Crippen LogP contribution < -0.4 is 10.2 Å². The molecule has 1 aliphatic heterocycles. The molecule has 0 atom stereocenters. The number of benzene rings is 2. The van der Waals surface area contributed by atoms with Gasteiger partial charge in [-0.3, -0.25) is 15.0 Å². The molecule has 0 unspecified atom stereocenters. The first-order valence-corrected chi connectivity index (χ1v) is 11.5. The molecule has 0 saturated carbocycles. The quantitative estimate of drug-likeness (QED) is 0.401. The summed E-state index contributed by atoms with van der Waals surface area (Å²) < 4.78 is 6.29. The van der Waals surface area contributed by atoms with Gasteiger partial charge in [-0.15, -0.1) is 11.3 Å². The van der Waals surface area contributed by atoms with Crippen LogP contribution in [-0.4, -0.2) is 21.1 Å². The highest BCUT2D eigenvalue weighted by Crippen LogP contribution is 2.33. The number of nitrogens with one attached hydrogen (secondary N) is 1. The maximum absolute atomic E-state index is 12.9. The van der Waals surface area contributed by atoms with E-state index in [0.29, 0.717) is 22.1 Å². The molecule has 0 spiro atoms. The average Bonchev–Trinajstić information content (AvgIpc) is 3.38. The molecular formula is C23H18N2O3S3. The van der Waals surface area contributed by atoms with E-state index in [2.05, 4.69) is 11.5 Å². The van der Waals surface area contributed by atoms with Crippen LogP contribution in [0.15, 0.2) is 70.9 Å². The van der Waals surface area contributed by atoms with Crippen molar-refractivity contribution in [2.45, 2.75) is 13.5 Å². The highest BCUT2D eigenvalue weighted by atomic mass is 32.2. The van der Waals surface area contributed by atoms with E-state index in [9.17, 15) is 9.59 Å². The lowest BCUT2D eigenvalue weighted by molar-refractivity contribution is -0.123. The van der Waals surface area contributed by atoms with Crippen LogP contribution in [0.1, 0.15) is 26.4 Å². The molecule has 8 heteroatoms. The lowest BCUT2D eigenvalue weighted by Gasteiger charge is -2.14. The first kappa shape index (κ1) is 21.3. The Hall–Kier alpha value is -2.94. The van der Waals surface area contributed by atoms with Crippen molar-refractivity contribution in [3.8, 4) is 5.75 Å². The van der Waals surface area contributed by atoms with Crippen LogP contribution in [0, 0.1) is 6.92 Å². The van der Waals surface area contributed by atoms with Crippen LogP contribution in [0.25, 0.3) is 6.08 Å². The van der Waals surface area contributed by atoms with Crippen molar-refractivity contribution < 1.29 is 14.3 Å². The van der Waals surface area contributed by atoms with Gasteiger partial charge in [-0.2, -0.15) is 5.01 Å². The Morgan fingerprint density at radius 3 is 2.77 bits per heavy atom. The molecule has 156 valence electrons. The number of carbonyl (C=O) groups excluding carboxylic acids is 2. The molecule has 2 heterocycles. The molecule has 1 aliphatic rings. The van der Waals surface area contributed by atoms with E-state index in [1.165, 1.54) is 16.9 Å². The number of thiocarbonyl (C=S) groups is 1. The summed E-state index contributed by atoms with van der Waals surface area (Å²) in [6.07, 6.45) is 1.74. The Kier molecular flexibility index (Phi) is 6.50. The largest absolute Gasteiger partial charge is 0.488 e. The van der Waals surface area contributed by atoms with Gasteiger partial charge in [-0.1, -0.05) is 65.9 Å². The number of thioether (sulfide) groups is 1. The van der Waals surface area contributed by atoms with Gasteiger partial charge < -0.3 is 4.74 Å². The van der Waals surface area contributed by atoms with Crippen LogP contribution in [0.4, 0.5) is 0 Å². The molecule has 5 nitrogen and oxygen atoms in total. The third kappa shape index (κ3) is 5.04. The summed E-state index contributed by atoms with van der Waals surface area (Å²) in [5.74, 6) is -0.0697. The Morgan fingerprint density at radius 2 is 2.00 bits per heavy atom. The fraction of sp³-hybridized carbons (Fsp3) is 0.0870. The molecule has 0 radical (unpaired) electrons. The van der Waals surface area contributed by atoms with E-state index < -0.39 is 0 Å². The van der Waals surface area contributed by atoms with Crippen molar-refractivity contribution in [3.63, 3.8) is 0 Å². The molecule has 1 fully saturated rings. The van der Waals surface area contributed by atoms with E-state index in [4.69, 9.17) is 17.0 Å². The van der Waals surface area contributed by atoms with Gasteiger partial charge in [0, 0.05) is 5.56 Å². The molecule has 0 bridgehead atoms. The third-order valence-corrected chi connectivity index (χ3v) is 6.61. The number of hydrazine groups is 1. The number of rotatable bonds is 6. The Bertz CT molecular complexity index is 1170. The SMILES string of the molecule is Cc1cccc(COc2ccccc2/C=C2/SC(=S)N(NC(=O)c3cccs3)C2=O)c1. The number of para-hydroxylation sites is 1. The number of amides is 2. The second kappa shape index (κ2) is 9.47. The molecule has 2 aromatic carbocycles. The van der Waals surface area contributed by atoms with Crippen LogP contribution in [0.3, 0.4) is 0 Å². The molecule has 1 aromatic heterocycles. The summed E-state index contributed by atoms with van der Waals surface area (Å²) in [5, 5.41) is 2.91. The second-order valence-electron chi connectivity index (χ2n) is 6.75. The van der Waals surface area contributed by atoms with Crippen LogP contribution in [0.2, 0.25) is 0 Å². The second-order valence-corrected chi connectivity index (χ2v) is 9.37. The molecule has 4 rings (SSSR count). The third-order valence-electron chi connectivity index (χ3n) is 4.43. The normalized spacial score (nSPS) is 14.9. The van der Waals surface area contributed by atoms with Gasteiger partial charge in [0.15, 0.2) is 4.32 Å². The van der Waals surface area contributed by atoms with Crippen molar-refractivity contribution in [1.29, 1.82) is 0 Å². The molecular weight excluding hydrogens is 448 g/mol. The molecule has 31 heavy (non-hydrogen) atoms. The van der Waals surface area contributed by atoms with Gasteiger partial charge >= 0.3 is 0 Å². The predicted octanol–water partition coefficient (Wildman–Crippen LogP) is 5.18. The maximum atomic E-state index is 12.9. The number of hydrogen-bond donors (Lipinski definition) is 1. The Balaban J connectivity index is 1.50. The number of aryl methyl sites for hydroxylation is 1. The van der Waals surface area contributed by atoms with Crippen LogP contribution >= 0.6 is 35.3 Å². The van der Waals surface area contributed by atoms with Crippen molar-refractivity contribution in [2.75, 3.05) is 0 Å². The highest BCUT2D eigenvalue weighted by Gasteiger charge is 2.34. The zero-order valence-corrected chi connectivity index (χ0v) is 19.0. The van der Waals surface area contributed by atoms with Gasteiger partial charge in [-0.05, 0) is 48.3 Å². The van der Waals surface area contributed by atoms with Crippen molar-refractivity contribution in [3.05, 3.63) is 92.5 Å². The maximum Gasteiger partial charge on any atom is 0.285 e. The van der Waals surface area contributed by atoms with Gasteiger partial charge in [0.05, 0.1) is 9.78 Å². The first-order chi connectivity index (χ1) is 15.0. The van der Waals surface area contributed by atoms with E-state index in [1.807, 2.05) is 49.4 Å². The zero-order chi connectivity index (χ0) is 21.8. The van der Waals surface area contributed by atoms with Crippen LogP contribution in [0.5, 0.6) is 5.75 Å². The molecule has 1 saturated heterocycles. The minimum atomic E-state index is -0.367. The minimum Gasteiger partial charge on any atom is -0.488 e. The average molecular weight is 467 g/mol. The van der Waals surface area contributed by atoms with E-state index in [1.54, 1.807) is 23.6 Å². The molecule has 2 amide bonds. The lowest BCUT2D eigenvalue weighted by atomic mass is 10.1. The number of carbonyl (C=O) groups is 2. The predicted molar refractivity (Wildman–Crippen MR) is 129 cm³/mol. The summed E-state index contributed by atoms with van der Waals surface area (Å²) in [6, 6.07) is 19.1. The van der Waals surface area contributed by atoms with E-state index in [-0.39, 0.29) is 16.1 Å². The van der Waals surface area contributed by atoms with Crippen molar-refractivity contribution in [1.82, 2.24) is 10.4 Å². The van der Waals surface area contributed by atoms with E-state index in [0.717, 1.165) is 27.9 Å².